The zero-order valence-corrected chi connectivity index (χ0v) is 14.7. The quantitative estimate of drug-likeness (QED) is 0.692. The van der Waals surface area contributed by atoms with E-state index in [9.17, 15) is 18.8 Å². The summed E-state index contributed by atoms with van der Waals surface area (Å²) in [5.41, 5.74) is 5.13. The van der Waals surface area contributed by atoms with Crippen molar-refractivity contribution in [1.82, 2.24) is 21.1 Å². The summed E-state index contributed by atoms with van der Waals surface area (Å²) in [6, 6.07) is 4.96. The van der Waals surface area contributed by atoms with E-state index in [1.165, 1.54) is 24.3 Å². The molecule has 26 heavy (non-hydrogen) atoms. The molecule has 1 heterocycles. The third-order valence-corrected chi connectivity index (χ3v) is 4.18. The minimum absolute atomic E-state index is 0.0218. The maximum atomic E-state index is 12.8. The minimum Gasteiger partial charge on any atom is -0.343 e. The summed E-state index contributed by atoms with van der Waals surface area (Å²) in [7, 11) is 0. The summed E-state index contributed by atoms with van der Waals surface area (Å²) in [5, 5.41) is 2.53. The zero-order valence-electron chi connectivity index (χ0n) is 14.7. The summed E-state index contributed by atoms with van der Waals surface area (Å²) in [6.07, 6.45) is 4.62. The number of benzene rings is 1. The van der Waals surface area contributed by atoms with Crippen LogP contribution in [0.4, 0.5) is 9.18 Å². The molecule has 1 saturated heterocycles. The second-order valence-corrected chi connectivity index (χ2v) is 6.28. The number of hydrogen-bond acceptors (Lipinski definition) is 3. The number of carbonyl (C=O) groups excluding carboxylic acids is 3. The minimum atomic E-state index is -0.582. The Kier molecular flexibility index (Phi) is 7.85. The monoisotopic (exact) mass is 364 g/mol. The van der Waals surface area contributed by atoms with Crippen LogP contribution in [0.2, 0.25) is 0 Å². The lowest BCUT2D eigenvalue weighted by Crippen LogP contribution is -2.48. The molecule has 1 aromatic rings. The van der Waals surface area contributed by atoms with Crippen LogP contribution in [0.3, 0.4) is 0 Å². The third-order valence-electron chi connectivity index (χ3n) is 4.18. The fourth-order valence-corrected chi connectivity index (χ4v) is 2.76. The van der Waals surface area contributed by atoms with Gasteiger partial charge in [0, 0.05) is 26.1 Å². The van der Waals surface area contributed by atoms with Gasteiger partial charge in [0.1, 0.15) is 5.82 Å². The highest BCUT2D eigenvalue weighted by Crippen LogP contribution is 2.10. The first-order chi connectivity index (χ1) is 12.5. The number of likely N-dealkylation sites (tertiary alicyclic amines) is 1. The van der Waals surface area contributed by atoms with Crippen molar-refractivity contribution in [1.29, 1.82) is 0 Å². The lowest BCUT2D eigenvalue weighted by atomic mass is 10.1. The van der Waals surface area contributed by atoms with Crippen molar-refractivity contribution < 1.29 is 18.8 Å². The number of amides is 4. The second kappa shape index (κ2) is 10.4. The Morgan fingerprint density at radius 3 is 2.27 bits per heavy atom. The largest absolute Gasteiger partial charge is 0.343 e. The smallest absolute Gasteiger partial charge is 0.333 e. The van der Waals surface area contributed by atoms with Crippen LogP contribution >= 0.6 is 0 Å². The van der Waals surface area contributed by atoms with Gasteiger partial charge in [0.15, 0.2) is 0 Å². The van der Waals surface area contributed by atoms with Gasteiger partial charge in [-0.3, -0.25) is 15.0 Å². The molecule has 1 aliphatic heterocycles. The molecule has 0 saturated carbocycles. The number of halogens is 1. The molecule has 0 unspecified atom stereocenters. The molecule has 0 spiro atoms. The fourth-order valence-electron chi connectivity index (χ4n) is 2.76. The standard InChI is InChI=1S/C18H25FN4O3/c19-15-7-5-14(6-8-15)13-16(24)21-22-18(26)20-10-9-17(25)23-11-3-1-2-4-12-23/h5-8H,1-4,9-13H2,(H,21,24)(H2,20,22,26). The van der Waals surface area contributed by atoms with E-state index >= 15 is 0 Å². The summed E-state index contributed by atoms with van der Waals surface area (Å²) < 4.78 is 12.8. The molecule has 4 amide bonds. The Morgan fingerprint density at radius 1 is 0.962 bits per heavy atom. The van der Waals surface area contributed by atoms with Gasteiger partial charge in [-0.25, -0.2) is 14.6 Å². The highest BCUT2D eigenvalue weighted by molar-refractivity contribution is 5.83. The molecule has 2 rings (SSSR count). The number of nitrogens with zero attached hydrogens (tertiary/aromatic N) is 1. The molecule has 0 radical (unpaired) electrons. The topological polar surface area (TPSA) is 90.5 Å². The molecule has 7 nitrogen and oxygen atoms in total. The number of rotatable bonds is 5. The average Bonchev–Trinajstić information content (AvgIpc) is 2.91. The van der Waals surface area contributed by atoms with Gasteiger partial charge in [-0.2, -0.15) is 0 Å². The lowest BCUT2D eigenvalue weighted by Gasteiger charge is -2.20. The van der Waals surface area contributed by atoms with Crippen molar-refractivity contribution in [3.05, 3.63) is 35.6 Å². The van der Waals surface area contributed by atoms with Crippen molar-refractivity contribution in [2.45, 2.75) is 38.5 Å². The van der Waals surface area contributed by atoms with Crippen molar-refractivity contribution in [3.63, 3.8) is 0 Å². The maximum absolute atomic E-state index is 12.8. The summed E-state index contributed by atoms with van der Waals surface area (Å²) in [4.78, 5) is 37.3. The van der Waals surface area contributed by atoms with Gasteiger partial charge < -0.3 is 10.2 Å². The van der Waals surface area contributed by atoms with E-state index in [1.807, 2.05) is 4.90 Å². The van der Waals surface area contributed by atoms with E-state index in [4.69, 9.17) is 0 Å². The van der Waals surface area contributed by atoms with Crippen molar-refractivity contribution in [2.24, 2.45) is 0 Å². The number of hydrogen-bond donors (Lipinski definition) is 3. The second-order valence-electron chi connectivity index (χ2n) is 6.28. The normalized spacial score (nSPS) is 14.3. The van der Waals surface area contributed by atoms with Crippen LogP contribution in [0, 0.1) is 5.82 Å². The number of urea groups is 1. The van der Waals surface area contributed by atoms with E-state index in [2.05, 4.69) is 16.2 Å². The lowest BCUT2D eigenvalue weighted by molar-refractivity contribution is -0.131. The highest BCUT2D eigenvalue weighted by Gasteiger charge is 2.15. The van der Waals surface area contributed by atoms with Crippen LogP contribution in [0.15, 0.2) is 24.3 Å². The van der Waals surface area contributed by atoms with Crippen LogP contribution < -0.4 is 16.2 Å². The van der Waals surface area contributed by atoms with E-state index in [0.29, 0.717) is 5.56 Å². The molecule has 1 aromatic carbocycles. The van der Waals surface area contributed by atoms with Gasteiger partial charge in [-0.15, -0.1) is 0 Å². The van der Waals surface area contributed by atoms with Gasteiger partial charge in [-0.05, 0) is 30.5 Å². The Labute approximate surface area is 152 Å². The van der Waals surface area contributed by atoms with Gasteiger partial charge in [-0.1, -0.05) is 25.0 Å². The van der Waals surface area contributed by atoms with Crippen LogP contribution in [-0.2, 0) is 16.0 Å². The Balaban J connectivity index is 1.60. The predicted octanol–water partition coefficient (Wildman–Crippen LogP) is 1.49. The Hall–Kier alpha value is -2.64. The summed E-state index contributed by atoms with van der Waals surface area (Å²) >= 11 is 0. The SMILES string of the molecule is O=C(Cc1ccc(F)cc1)NNC(=O)NCCC(=O)N1CCCCCC1. The van der Waals surface area contributed by atoms with Crippen LogP contribution in [0.5, 0.6) is 0 Å². The number of hydrazine groups is 1. The summed E-state index contributed by atoms with van der Waals surface area (Å²) in [6.45, 7) is 1.77. The van der Waals surface area contributed by atoms with Crippen LogP contribution in [0.1, 0.15) is 37.7 Å². The number of carbonyl (C=O) groups is 3. The van der Waals surface area contributed by atoms with Crippen LogP contribution in [-0.4, -0.2) is 42.4 Å². The number of nitrogens with one attached hydrogen (secondary N) is 3. The van der Waals surface area contributed by atoms with E-state index in [-0.39, 0.29) is 31.1 Å². The molecule has 0 aromatic heterocycles. The third kappa shape index (κ3) is 7.08. The maximum Gasteiger partial charge on any atom is 0.333 e. The first-order valence-corrected chi connectivity index (χ1v) is 8.89. The van der Waals surface area contributed by atoms with Crippen molar-refractivity contribution >= 4 is 17.8 Å². The molecule has 8 heteroatoms. The molecule has 3 N–H and O–H groups in total. The molecule has 0 bridgehead atoms. The van der Waals surface area contributed by atoms with Gasteiger partial charge in [0.25, 0.3) is 0 Å². The first kappa shape index (κ1) is 19.7. The molecule has 1 fully saturated rings. The van der Waals surface area contributed by atoms with Crippen molar-refractivity contribution in [3.8, 4) is 0 Å². The molecule has 1 aliphatic rings. The van der Waals surface area contributed by atoms with Gasteiger partial charge in [0.05, 0.1) is 6.42 Å². The Morgan fingerprint density at radius 2 is 1.62 bits per heavy atom. The molecule has 0 aliphatic carbocycles. The molecular weight excluding hydrogens is 339 g/mol. The van der Waals surface area contributed by atoms with Crippen LogP contribution in [0.25, 0.3) is 0 Å². The molecule has 0 atom stereocenters. The average molecular weight is 364 g/mol. The fraction of sp³-hybridized carbons (Fsp3) is 0.500. The first-order valence-electron chi connectivity index (χ1n) is 8.89. The van der Waals surface area contributed by atoms with E-state index in [1.54, 1.807) is 0 Å². The predicted molar refractivity (Wildman–Crippen MR) is 94.4 cm³/mol. The zero-order chi connectivity index (χ0) is 18.8. The molecular formula is C18H25FN4O3. The Bertz CT molecular complexity index is 613. The summed E-state index contributed by atoms with van der Waals surface area (Å²) in [5.74, 6) is -0.763. The van der Waals surface area contributed by atoms with E-state index < -0.39 is 11.9 Å². The van der Waals surface area contributed by atoms with Gasteiger partial charge >= 0.3 is 6.03 Å². The van der Waals surface area contributed by atoms with Gasteiger partial charge in [0.2, 0.25) is 11.8 Å². The molecule has 142 valence electrons. The highest BCUT2D eigenvalue weighted by atomic mass is 19.1. The van der Waals surface area contributed by atoms with Crippen molar-refractivity contribution in [2.75, 3.05) is 19.6 Å². The van der Waals surface area contributed by atoms with E-state index in [0.717, 1.165) is 38.8 Å².